The maximum Gasteiger partial charge on any atom is 0.172 e. The molecular weight excluding hydrogens is 228 g/mol. The van der Waals surface area contributed by atoms with Gasteiger partial charge in [-0.05, 0) is 12.0 Å². The number of hydrogen-bond donors (Lipinski definition) is 0. The highest BCUT2D eigenvalue weighted by molar-refractivity contribution is 5.35. The molecule has 0 bridgehead atoms. The van der Waals surface area contributed by atoms with Gasteiger partial charge in [0.1, 0.15) is 0 Å². The Bertz CT molecular complexity index is 433. The van der Waals surface area contributed by atoms with Crippen molar-refractivity contribution in [3.63, 3.8) is 0 Å². The molecule has 1 aliphatic heterocycles. The summed E-state index contributed by atoms with van der Waals surface area (Å²) in [6.07, 6.45) is 5.91. The van der Waals surface area contributed by atoms with Crippen LogP contribution in [0.15, 0.2) is 24.3 Å². The quantitative estimate of drug-likeness (QED) is 0.715. The average molecular weight is 244 g/mol. The first-order chi connectivity index (χ1) is 8.70. The highest BCUT2D eigenvalue weighted by Gasteiger charge is 2.42. The fraction of sp³-hybridized carbons (Fsp3) is 0.571. The van der Waals surface area contributed by atoms with Crippen molar-refractivity contribution in [1.29, 1.82) is 10.5 Å². The van der Waals surface area contributed by atoms with Crippen molar-refractivity contribution in [2.45, 2.75) is 31.5 Å². The van der Waals surface area contributed by atoms with E-state index in [9.17, 15) is 10.5 Å². The van der Waals surface area contributed by atoms with E-state index in [0.717, 1.165) is 5.57 Å². The van der Waals surface area contributed by atoms with Crippen LogP contribution in [0.25, 0.3) is 0 Å². The van der Waals surface area contributed by atoms with Crippen LogP contribution in [0.4, 0.5) is 0 Å². The molecule has 18 heavy (non-hydrogen) atoms. The second-order valence-corrected chi connectivity index (χ2v) is 4.66. The minimum Gasteiger partial charge on any atom is -0.347 e. The van der Waals surface area contributed by atoms with E-state index in [2.05, 4.69) is 18.7 Å². The standard InChI is InChI=1S/C14H16N2O2/c1-2-5-13(10-15,11-16)12-3-6-14(7-4-12)17-8-9-18-14/h2-3H,1,4-9H2. The Kier molecular flexibility index (Phi) is 3.52. The summed E-state index contributed by atoms with van der Waals surface area (Å²) in [4.78, 5) is 0. The maximum absolute atomic E-state index is 9.29. The zero-order valence-corrected chi connectivity index (χ0v) is 10.3. The zero-order chi connectivity index (χ0) is 13.1. The Hall–Kier alpha value is -1.62. The lowest BCUT2D eigenvalue weighted by Gasteiger charge is -2.33. The van der Waals surface area contributed by atoms with Crippen LogP contribution in [0.1, 0.15) is 25.7 Å². The predicted molar refractivity (Wildman–Crippen MR) is 65.0 cm³/mol. The van der Waals surface area contributed by atoms with Gasteiger partial charge in [-0.1, -0.05) is 12.2 Å². The van der Waals surface area contributed by atoms with Crippen LogP contribution in [0.3, 0.4) is 0 Å². The largest absolute Gasteiger partial charge is 0.347 e. The van der Waals surface area contributed by atoms with E-state index >= 15 is 0 Å². The lowest BCUT2D eigenvalue weighted by Crippen LogP contribution is -2.34. The number of nitrogens with zero attached hydrogens (tertiary/aromatic N) is 2. The molecule has 94 valence electrons. The van der Waals surface area contributed by atoms with Crippen molar-refractivity contribution in [3.05, 3.63) is 24.3 Å². The first-order valence-corrected chi connectivity index (χ1v) is 6.11. The third-order valence-corrected chi connectivity index (χ3v) is 3.63. The van der Waals surface area contributed by atoms with E-state index < -0.39 is 11.2 Å². The van der Waals surface area contributed by atoms with Crippen molar-refractivity contribution < 1.29 is 9.47 Å². The van der Waals surface area contributed by atoms with Gasteiger partial charge in [-0.3, -0.25) is 0 Å². The van der Waals surface area contributed by atoms with Gasteiger partial charge in [0.2, 0.25) is 0 Å². The van der Waals surface area contributed by atoms with Gasteiger partial charge in [-0.25, -0.2) is 0 Å². The SMILES string of the molecule is C=CCC(C#N)(C#N)C1=CCC2(CC1)OCCO2. The molecule has 0 saturated carbocycles. The van der Waals surface area contributed by atoms with Gasteiger partial charge in [-0.2, -0.15) is 10.5 Å². The van der Waals surface area contributed by atoms with Gasteiger partial charge in [0.05, 0.1) is 25.4 Å². The Balaban J connectivity index is 2.20. The summed E-state index contributed by atoms with van der Waals surface area (Å²) < 4.78 is 11.2. The number of allylic oxidation sites excluding steroid dienone is 2. The molecule has 0 atom stereocenters. The van der Waals surface area contributed by atoms with Crippen LogP contribution in [0, 0.1) is 28.1 Å². The number of nitriles is 2. The average Bonchev–Trinajstić information content (AvgIpc) is 2.86. The second kappa shape index (κ2) is 4.94. The molecule has 1 aliphatic carbocycles. The first-order valence-electron chi connectivity index (χ1n) is 6.11. The molecule has 2 aliphatic rings. The van der Waals surface area contributed by atoms with Crippen molar-refractivity contribution in [2.24, 2.45) is 5.41 Å². The third kappa shape index (κ3) is 2.06. The van der Waals surface area contributed by atoms with Crippen LogP contribution in [-0.4, -0.2) is 19.0 Å². The van der Waals surface area contributed by atoms with Gasteiger partial charge < -0.3 is 9.47 Å². The van der Waals surface area contributed by atoms with Gasteiger partial charge in [0.25, 0.3) is 0 Å². The van der Waals surface area contributed by atoms with Crippen molar-refractivity contribution in [3.8, 4) is 12.1 Å². The Morgan fingerprint density at radius 1 is 1.39 bits per heavy atom. The molecule has 0 aromatic carbocycles. The highest BCUT2D eigenvalue weighted by atomic mass is 16.7. The number of ether oxygens (including phenoxy) is 2. The molecule has 2 rings (SSSR count). The molecule has 0 aromatic rings. The van der Waals surface area contributed by atoms with E-state index in [1.165, 1.54) is 0 Å². The summed E-state index contributed by atoms with van der Waals surface area (Å²) in [5, 5.41) is 18.6. The van der Waals surface area contributed by atoms with E-state index in [0.29, 0.717) is 38.9 Å². The van der Waals surface area contributed by atoms with Crippen molar-refractivity contribution in [1.82, 2.24) is 0 Å². The maximum atomic E-state index is 9.29. The van der Waals surface area contributed by atoms with Crippen LogP contribution in [0.2, 0.25) is 0 Å². The number of rotatable bonds is 3. The monoisotopic (exact) mass is 244 g/mol. The predicted octanol–water partition coefficient (Wildman–Crippen LogP) is 2.45. The summed E-state index contributed by atoms with van der Waals surface area (Å²) in [5.74, 6) is -0.506. The molecule has 0 amide bonds. The Morgan fingerprint density at radius 2 is 2.06 bits per heavy atom. The smallest absolute Gasteiger partial charge is 0.172 e. The highest BCUT2D eigenvalue weighted by Crippen LogP contribution is 2.42. The lowest BCUT2D eigenvalue weighted by molar-refractivity contribution is -0.161. The topological polar surface area (TPSA) is 66.0 Å². The van der Waals surface area contributed by atoms with Gasteiger partial charge in [0, 0.05) is 19.3 Å². The van der Waals surface area contributed by atoms with E-state index in [4.69, 9.17) is 9.47 Å². The summed E-state index contributed by atoms with van der Waals surface area (Å²) in [5.41, 5.74) is -0.195. The first kappa shape index (κ1) is 12.8. The van der Waals surface area contributed by atoms with Crippen LogP contribution >= 0.6 is 0 Å². The number of hydrogen-bond acceptors (Lipinski definition) is 4. The second-order valence-electron chi connectivity index (χ2n) is 4.66. The molecule has 1 saturated heterocycles. The van der Waals surface area contributed by atoms with Crippen LogP contribution in [0.5, 0.6) is 0 Å². The molecular formula is C14H16N2O2. The summed E-state index contributed by atoms with van der Waals surface area (Å²) in [7, 11) is 0. The van der Waals surface area contributed by atoms with E-state index in [1.807, 2.05) is 6.08 Å². The summed E-state index contributed by atoms with van der Waals surface area (Å²) in [6.45, 7) is 4.87. The molecule has 1 spiro atoms. The van der Waals surface area contributed by atoms with E-state index in [-0.39, 0.29) is 0 Å². The van der Waals surface area contributed by atoms with Crippen molar-refractivity contribution in [2.75, 3.05) is 13.2 Å². The van der Waals surface area contributed by atoms with Crippen LogP contribution in [-0.2, 0) is 9.47 Å². The molecule has 0 aromatic heterocycles. The van der Waals surface area contributed by atoms with Gasteiger partial charge >= 0.3 is 0 Å². The Labute approximate surface area is 107 Å². The van der Waals surface area contributed by atoms with Gasteiger partial charge in [0.15, 0.2) is 11.2 Å². The zero-order valence-electron chi connectivity index (χ0n) is 10.3. The fourth-order valence-electron chi connectivity index (χ4n) is 2.56. The molecule has 4 heteroatoms. The lowest BCUT2D eigenvalue weighted by atomic mass is 9.74. The molecule has 0 radical (unpaired) electrons. The molecule has 0 unspecified atom stereocenters. The summed E-state index contributed by atoms with van der Waals surface area (Å²) >= 11 is 0. The third-order valence-electron chi connectivity index (χ3n) is 3.63. The Morgan fingerprint density at radius 3 is 2.50 bits per heavy atom. The van der Waals surface area contributed by atoms with Crippen molar-refractivity contribution >= 4 is 0 Å². The van der Waals surface area contributed by atoms with E-state index in [1.54, 1.807) is 6.08 Å². The molecule has 4 nitrogen and oxygen atoms in total. The summed E-state index contributed by atoms with van der Waals surface area (Å²) in [6, 6.07) is 4.27. The normalized spacial score (nSPS) is 22.0. The minimum absolute atomic E-state index is 0.362. The molecule has 0 N–H and O–H groups in total. The van der Waals surface area contributed by atoms with Crippen LogP contribution < -0.4 is 0 Å². The molecule has 1 heterocycles. The fourth-order valence-corrected chi connectivity index (χ4v) is 2.56. The minimum atomic E-state index is -1.07. The van der Waals surface area contributed by atoms with Gasteiger partial charge in [-0.15, -0.1) is 6.58 Å². The molecule has 1 fully saturated rings.